The Morgan fingerprint density at radius 1 is 1.37 bits per heavy atom. The van der Waals surface area contributed by atoms with Crippen LogP contribution in [0.4, 0.5) is 0 Å². The highest BCUT2D eigenvalue weighted by Gasteiger charge is 2.03. The first-order valence-corrected chi connectivity index (χ1v) is 6.49. The van der Waals surface area contributed by atoms with E-state index in [0.29, 0.717) is 17.5 Å². The predicted octanol–water partition coefficient (Wildman–Crippen LogP) is 1.91. The van der Waals surface area contributed by atoms with Crippen LogP contribution in [0.1, 0.15) is 19.4 Å². The standard InChI is InChI=1S/C13H19N3O2S/c1-4-14-13(19)16-15-9-10-6-7-11(18-5-2)12(8-10)17-3/h6-9H,4-5H2,1-3H3,(H2,14,16,19)/b15-9+. The van der Waals surface area contributed by atoms with Crippen LogP contribution in [0.5, 0.6) is 11.5 Å². The monoisotopic (exact) mass is 281 g/mol. The maximum absolute atomic E-state index is 5.44. The third-order valence-corrected chi connectivity index (χ3v) is 2.44. The van der Waals surface area contributed by atoms with Crippen molar-refractivity contribution in [3.05, 3.63) is 23.8 Å². The second-order valence-electron chi connectivity index (χ2n) is 3.57. The minimum Gasteiger partial charge on any atom is -0.493 e. The summed E-state index contributed by atoms with van der Waals surface area (Å²) in [7, 11) is 1.61. The molecule has 1 aromatic rings. The molecule has 0 heterocycles. The lowest BCUT2D eigenvalue weighted by molar-refractivity contribution is 0.311. The van der Waals surface area contributed by atoms with Crippen molar-refractivity contribution in [2.24, 2.45) is 5.10 Å². The topological polar surface area (TPSA) is 54.9 Å². The van der Waals surface area contributed by atoms with Gasteiger partial charge in [0.15, 0.2) is 16.6 Å². The molecule has 0 radical (unpaired) electrons. The van der Waals surface area contributed by atoms with Crippen molar-refractivity contribution in [3.63, 3.8) is 0 Å². The van der Waals surface area contributed by atoms with E-state index in [1.807, 2.05) is 32.0 Å². The molecule has 104 valence electrons. The molecule has 0 aliphatic carbocycles. The number of methoxy groups -OCH3 is 1. The van der Waals surface area contributed by atoms with Gasteiger partial charge in [-0.25, -0.2) is 0 Å². The van der Waals surface area contributed by atoms with Crippen molar-refractivity contribution in [1.82, 2.24) is 10.7 Å². The smallest absolute Gasteiger partial charge is 0.186 e. The van der Waals surface area contributed by atoms with Crippen LogP contribution < -0.4 is 20.2 Å². The quantitative estimate of drug-likeness (QED) is 0.474. The zero-order valence-electron chi connectivity index (χ0n) is 11.4. The van der Waals surface area contributed by atoms with E-state index in [4.69, 9.17) is 21.7 Å². The summed E-state index contributed by atoms with van der Waals surface area (Å²) in [5, 5.41) is 7.48. The molecule has 0 spiro atoms. The van der Waals surface area contributed by atoms with Gasteiger partial charge in [0.2, 0.25) is 0 Å². The second-order valence-corrected chi connectivity index (χ2v) is 3.98. The lowest BCUT2D eigenvalue weighted by Crippen LogP contribution is -2.31. The van der Waals surface area contributed by atoms with Crippen molar-refractivity contribution in [3.8, 4) is 11.5 Å². The molecule has 6 heteroatoms. The molecule has 5 nitrogen and oxygen atoms in total. The van der Waals surface area contributed by atoms with E-state index < -0.39 is 0 Å². The van der Waals surface area contributed by atoms with Gasteiger partial charge in [0.1, 0.15) is 0 Å². The minimum atomic E-state index is 0.497. The average Bonchev–Trinajstić information content (AvgIpc) is 2.41. The number of hydrogen-bond donors (Lipinski definition) is 2. The van der Waals surface area contributed by atoms with Crippen LogP contribution in [0.2, 0.25) is 0 Å². The van der Waals surface area contributed by atoms with Gasteiger partial charge in [-0.1, -0.05) is 0 Å². The Morgan fingerprint density at radius 2 is 2.16 bits per heavy atom. The van der Waals surface area contributed by atoms with E-state index in [-0.39, 0.29) is 0 Å². The second kappa shape index (κ2) is 8.31. The van der Waals surface area contributed by atoms with E-state index >= 15 is 0 Å². The molecule has 0 aromatic heterocycles. The number of thiocarbonyl (C=S) groups is 1. The zero-order valence-corrected chi connectivity index (χ0v) is 12.2. The van der Waals surface area contributed by atoms with Gasteiger partial charge in [-0.05, 0) is 49.8 Å². The number of nitrogens with one attached hydrogen (secondary N) is 2. The molecule has 0 aliphatic heterocycles. The SMILES string of the molecule is CCNC(=S)N/N=C/c1ccc(OCC)c(OC)c1. The van der Waals surface area contributed by atoms with Gasteiger partial charge in [0.05, 0.1) is 19.9 Å². The van der Waals surface area contributed by atoms with E-state index in [1.54, 1.807) is 13.3 Å². The third-order valence-electron chi connectivity index (χ3n) is 2.20. The van der Waals surface area contributed by atoms with E-state index in [9.17, 15) is 0 Å². The Hall–Kier alpha value is -1.82. The number of rotatable bonds is 6. The van der Waals surface area contributed by atoms with Crippen LogP contribution in [-0.4, -0.2) is 31.6 Å². The molecule has 0 unspecified atom stereocenters. The van der Waals surface area contributed by atoms with Gasteiger partial charge < -0.3 is 14.8 Å². The van der Waals surface area contributed by atoms with Gasteiger partial charge in [0.25, 0.3) is 0 Å². The lowest BCUT2D eigenvalue weighted by atomic mass is 10.2. The molecule has 0 atom stereocenters. The predicted molar refractivity (Wildman–Crippen MR) is 81.2 cm³/mol. The molecular weight excluding hydrogens is 262 g/mol. The molecule has 2 N–H and O–H groups in total. The normalized spacial score (nSPS) is 10.3. The molecule has 0 amide bonds. The van der Waals surface area contributed by atoms with Gasteiger partial charge in [-0.3, -0.25) is 5.43 Å². The van der Waals surface area contributed by atoms with Crippen LogP contribution in [0, 0.1) is 0 Å². The van der Waals surface area contributed by atoms with Crippen molar-refractivity contribution in [2.45, 2.75) is 13.8 Å². The molecule has 0 saturated heterocycles. The molecule has 0 saturated carbocycles. The first-order chi connectivity index (χ1) is 9.21. The van der Waals surface area contributed by atoms with Crippen LogP contribution in [0.3, 0.4) is 0 Å². The fourth-order valence-corrected chi connectivity index (χ4v) is 1.60. The molecule has 0 bridgehead atoms. The van der Waals surface area contributed by atoms with Crippen molar-refractivity contribution in [2.75, 3.05) is 20.3 Å². The minimum absolute atomic E-state index is 0.497. The maximum atomic E-state index is 5.44. The maximum Gasteiger partial charge on any atom is 0.186 e. The van der Waals surface area contributed by atoms with E-state index in [0.717, 1.165) is 17.9 Å². The number of hydrogen-bond acceptors (Lipinski definition) is 4. The molecule has 1 rings (SSSR count). The van der Waals surface area contributed by atoms with Crippen LogP contribution in [-0.2, 0) is 0 Å². The Labute approximate surface area is 119 Å². The van der Waals surface area contributed by atoms with E-state index in [1.165, 1.54) is 0 Å². The highest BCUT2D eigenvalue weighted by Crippen LogP contribution is 2.27. The number of hydrazone groups is 1. The molecular formula is C13H19N3O2S. The number of benzene rings is 1. The highest BCUT2D eigenvalue weighted by molar-refractivity contribution is 7.80. The number of ether oxygens (including phenoxy) is 2. The average molecular weight is 281 g/mol. The molecule has 0 fully saturated rings. The molecule has 1 aromatic carbocycles. The largest absolute Gasteiger partial charge is 0.493 e. The first-order valence-electron chi connectivity index (χ1n) is 6.09. The molecule has 19 heavy (non-hydrogen) atoms. The third kappa shape index (κ3) is 5.13. The summed E-state index contributed by atoms with van der Waals surface area (Å²) < 4.78 is 10.7. The first kappa shape index (κ1) is 15.2. The van der Waals surface area contributed by atoms with Gasteiger partial charge in [-0.2, -0.15) is 5.10 Å². The summed E-state index contributed by atoms with van der Waals surface area (Å²) in [5.41, 5.74) is 3.62. The Balaban J connectivity index is 2.68. The van der Waals surface area contributed by atoms with Gasteiger partial charge >= 0.3 is 0 Å². The van der Waals surface area contributed by atoms with Crippen molar-refractivity contribution < 1.29 is 9.47 Å². The zero-order chi connectivity index (χ0) is 14.1. The number of nitrogens with zero attached hydrogens (tertiary/aromatic N) is 1. The van der Waals surface area contributed by atoms with E-state index in [2.05, 4.69) is 15.8 Å². The van der Waals surface area contributed by atoms with Gasteiger partial charge in [-0.15, -0.1) is 0 Å². The Kier molecular flexibility index (Phi) is 6.67. The fraction of sp³-hybridized carbons (Fsp3) is 0.385. The fourth-order valence-electron chi connectivity index (χ4n) is 1.40. The Morgan fingerprint density at radius 3 is 2.79 bits per heavy atom. The van der Waals surface area contributed by atoms with Crippen LogP contribution in [0.15, 0.2) is 23.3 Å². The van der Waals surface area contributed by atoms with Gasteiger partial charge in [0, 0.05) is 6.54 Å². The van der Waals surface area contributed by atoms with Crippen molar-refractivity contribution >= 4 is 23.5 Å². The summed E-state index contributed by atoms with van der Waals surface area (Å²) in [6.07, 6.45) is 1.67. The summed E-state index contributed by atoms with van der Waals surface area (Å²) in [6, 6.07) is 5.60. The summed E-state index contributed by atoms with van der Waals surface area (Å²) in [4.78, 5) is 0. The van der Waals surface area contributed by atoms with Crippen molar-refractivity contribution in [1.29, 1.82) is 0 Å². The highest BCUT2D eigenvalue weighted by atomic mass is 32.1. The summed E-state index contributed by atoms with van der Waals surface area (Å²) >= 11 is 4.99. The molecule has 0 aliphatic rings. The van der Waals surface area contributed by atoms with Crippen LogP contribution in [0.25, 0.3) is 0 Å². The summed E-state index contributed by atoms with van der Waals surface area (Å²) in [5.74, 6) is 1.40. The Bertz CT molecular complexity index is 450. The summed E-state index contributed by atoms with van der Waals surface area (Å²) in [6.45, 7) is 5.26. The van der Waals surface area contributed by atoms with Crippen LogP contribution >= 0.6 is 12.2 Å². The lowest BCUT2D eigenvalue weighted by Gasteiger charge is -2.09.